The van der Waals surface area contributed by atoms with Crippen LogP contribution >= 0.6 is 34.4 Å². The number of nitrogens with zero attached hydrogens (tertiary/aromatic N) is 1. The second kappa shape index (κ2) is 9.40. The summed E-state index contributed by atoms with van der Waals surface area (Å²) in [6.45, 7) is 5.32. The molecule has 1 atom stereocenters. The molecule has 12 heteroatoms. The summed E-state index contributed by atoms with van der Waals surface area (Å²) in [6, 6.07) is 5.30. The highest BCUT2D eigenvalue weighted by Crippen LogP contribution is 2.54. The van der Waals surface area contributed by atoms with Crippen molar-refractivity contribution in [3.05, 3.63) is 61.7 Å². The third-order valence-electron chi connectivity index (χ3n) is 6.09. The molecule has 0 saturated carbocycles. The molecule has 0 spiro atoms. The molecule has 3 rings (SSSR count). The Morgan fingerprint density at radius 2 is 1.60 bits per heavy atom. The number of amides is 1. The van der Waals surface area contributed by atoms with E-state index in [-0.39, 0.29) is 11.3 Å². The average molecular weight is 634 g/mol. The molecule has 0 radical (unpaired) electrons. The van der Waals surface area contributed by atoms with Gasteiger partial charge in [-0.05, 0) is 72.9 Å². The van der Waals surface area contributed by atoms with Gasteiger partial charge in [0, 0.05) is 38.2 Å². The monoisotopic (exact) mass is 634 g/mol. The SMILES string of the molecule is CSCCNC1(C)c2c(ccc(C)c2I)C(=O)N1c1ccc(C(F)(C(F)(F)F)C(F)(F)F)cc1C. The Morgan fingerprint density at radius 1 is 1.00 bits per heavy atom. The summed E-state index contributed by atoms with van der Waals surface area (Å²) in [6.07, 6.45) is -10.5. The number of carbonyl (C=O) groups excluding carboxylic acids is 1. The highest BCUT2D eigenvalue weighted by atomic mass is 127. The summed E-state index contributed by atoms with van der Waals surface area (Å²) in [5.41, 5.74) is -6.37. The molecule has 0 bridgehead atoms. The Labute approximate surface area is 216 Å². The largest absolute Gasteiger partial charge is 0.435 e. The molecule has 0 aliphatic carbocycles. The smallest absolute Gasteiger partial charge is 0.290 e. The van der Waals surface area contributed by atoms with Gasteiger partial charge in [0.25, 0.3) is 5.91 Å². The zero-order valence-corrected chi connectivity index (χ0v) is 22.1. The molecule has 192 valence electrons. The first-order valence-electron chi connectivity index (χ1n) is 10.3. The zero-order chi connectivity index (χ0) is 26.6. The Hall–Kier alpha value is -1.54. The topological polar surface area (TPSA) is 32.3 Å². The van der Waals surface area contributed by atoms with Crippen LogP contribution in [0.2, 0.25) is 0 Å². The van der Waals surface area contributed by atoms with E-state index in [0.717, 1.165) is 15.2 Å². The molecule has 1 aliphatic rings. The summed E-state index contributed by atoms with van der Waals surface area (Å²) < 4.78 is 95.0. The van der Waals surface area contributed by atoms with Crippen LogP contribution in [0, 0.1) is 17.4 Å². The van der Waals surface area contributed by atoms with Crippen molar-refractivity contribution in [1.82, 2.24) is 5.32 Å². The fraction of sp³-hybridized carbons (Fsp3) is 0.435. The highest BCUT2D eigenvalue weighted by Gasteiger charge is 2.73. The molecule has 1 N–H and O–H groups in total. The van der Waals surface area contributed by atoms with E-state index in [2.05, 4.69) is 27.9 Å². The number of nitrogens with one attached hydrogen (secondary N) is 1. The van der Waals surface area contributed by atoms with E-state index < -0.39 is 35.2 Å². The molecule has 1 heterocycles. The summed E-state index contributed by atoms with van der Waals surface area (Å²) in [5.74, 6) is 0.223. The van der Waals surface area contributed by atoms with Crippen LogP contribution in [0.15, 0.2) is 30.3 Å². The maximum Gasteiger partial charge on any atom is 0.435 e. The Balaban J connectivity index is 2.20. The van der Waals surface area contributed by atoms with Crippen LogP contribution in [-0.2, 0) is 11.3 Å². The fourth-order valence-electron chi connectivity index (χ4n) is 4.29. The van der Waals surface area contributed by atoms with Crippen molar-refractivity contribution in [3.63, 3.8) is 0 Å². The molecule has 1 unspecified atom stereocenters. The van der Waals surface area contributed by atoms with E-state index >= 15 is 0 Å². The van der Waals surface area contributed by atoms with Gasteiger partial charge in [0.15, 0.2) is 0 Å². The quantitative estimate of drug-likeness (QED) is 0.212. The van der Waals surface area contributed by atoms with Gasteiger partial charge < -0.3 is 0 Å². The summed E-state index contributed by atoms with van der Waals surface area (Å²) >= 11 is 3.67. The first-order valence-corrected chi connectivity index (χ1v) is 12.8. The van der Waals surface area contributed by atoms with E-state index in [4.69, 9.17) is 0 Å². The third-order valence-corrected chi connectivity index (χ3v) is 8.10. The minimum Gasteiger partial charge on any atom is -0.290 e. The maximum absolute atomic E-state index is 14.6. The lowest BCUT2D eigenvalue weighted by molar-refractivity contribution is -0.348. The summed E-state index contributed by atoms with van der Waals surface area (Å²) in [7, 11) is 0. The third kappa shape index (κ3) is 4.43. The van der Waals surface area contributed by atoms with Crippen molar-refractivity contribution in [2.24, 2.45) is 0 Å². The number of aryl methyl sites for hydroxylation is 2. The van der Waals surface area contributed by atoms with Gasteiger partial charge in [-0.25, -0.2) is 4.39 Å². The fourth-order valence-corrected chi connectivity index (χ4v) is 5.59. The molecule has 1 amide bonds. The van der Waals surface area contributed by atoms with Gasteiger partial charge in [-0.15, -0.1) is 0 Å². The van der Waals surface area contributed by atoms with Crippen LogP contribution in [0.1, 0.15) is 39.5 Å². The Bertz CT molecular complexity index is 1140. The van der Waals surface area contributed by atoms with Crippen LogP contribution in [-0.4, -0.2) is 36.8 Å². The van der Waals surface area contributed by atoms with Crippen molar-refractivity contribution in [3.8, 4) is 0 Å². The number of thioether (sulfide) groups is 1. The van der Waals surface area contributed by atoms with E-state index in [9.17, 15) is 35.5 Å². The lowest BCUT2D eigenvalue weighted by Crippen LogP contribution is -2.53. The number of rotatable bonds is 6. The second-order valence-electron chi connectivity index (χ2n) is 8.41. The van der Waals surface area contributed by atoms with E-state index in [0.29, 0.717) is 35.6 Å². The minimum absolute atomic E-state index is 0.0780. The van der Waals surface area contributed by atoms with Gasteiger partial charge in [0.05, 0.1) is 0 Å². The predicted octanol–water partition coefficient (Wildman–Crippen LogP) is 6.98. The van der Waals surface area contributed by atoms with Crippen LogP contribution in [0.5, 0.6) is 0 Å². The lowest BCUT2D eigenvalue weighted by Gasteiger charge is -2.39. The molecular weight excluding hydrogens is 612 g/mol. The number of alkyl halides is 7. The molecule has 0 aromatic heterocycles. The Kier molecular flexibility index (Phi) is 7.53. The molecule has 35 heavy (non-hydrogen) atoms. The molecule has 3 nitrogen and oxygen atoms in total. The summed E-state index contributed by atoms with van der Waals surface area (Å²) in [5, 5.41) is 3.33. The minimum atomic E-state index is -6.22. The van der Waals surface area contributed by atoms with Crippen LogP contribution in [0.25, 0.3) is 0 Å². The van der Waals surface area contributed by atoms with Crippen LogP contribution in [0.3, 0.4) is 0 Å². The van der Waals surface area contributed by atoms with Gasteiger partial charge in [-0.1, -0.05) is 18.2 Å². The average Bonchev–Trinajstić information content (AvgIpc) is 2.96. The Morgan fingerprint density at radius 3 is 2.11 bits per heavy atom. The number of hydrogen-bond donors (Lipinski definition) is 1. The number of hydrogen-bond acceptors (Lipinski definition) is 3. The van der Waals surface area contributed by atoms with Crippen molar-refractivity contribution in [2.75, 3.05) is 23.5 Å². The molecule has 2 aromatic carbocycles. The first kappa shape index (κ1) is 28.0. The van der Waals surface area contributed by atoms with Crippen molar-refractivity contribution in [1.29, 1.82) is 0 Å². The van der Waals surface area contributed by atoms with E-state index in [1.807, 2.05) is 13.2 Å². The maximum atomic E-state index is 14.6. The van der Waals surface area contributed by atoms with Gasteiger partial charge in [0.2, 0.25) is 0 Å². The molecular formula is C23H22F7IN2OS. The van der Waals surface area contributed by atoms with Gasteiger partial charge >= 0.3 is 18.0 Å². The van der Waals surface area contributed by atoms with E-state index in [1.54, 1.807) is 30.8 Å². The van der Waals surface area contributed by atoms with Crippen LogP contribution in [0.4, 0.5) is 36.4 Å². The molecule has 0 fully saturated rings. The number of benzene rings is 2. The van der Waals surface area contributed by atoms with Gasteiger partial charge in [0.1, 0.15) is 5.66 Å². The highest BCUT2D eigenvalue weighted by molar-refractivity contribution is 14.1. The predicted molar refractivity (Wildman–Crippen MR) is 131 cm³/mol. The summed E-state index contributed by atoms with van der Waals surface area (Å²) in [4.78, 5) is 14.8. The van der Waals surface area contributed by atoms with Gasteiger partial charge in [-0.3, -0.25) is 15.0 Å². The second-order valence-corrected chi connectivity index (χ2v) is 10.5. The van der Waals surface area contributed by atoms with Crippen molar-refractivity contribution >= 4 is 45.9 Å². The van der Waals surface area contributed by atoms with Crippen molar-refractivity contribution in [2.45, 2.75) is 44.5 Å². The molecule has 0 saturated heterocycles. The number of anilines is 1. The zero-order valence-electron chi connectivity index (χ0n) is 19.1. The lowest BCUT2D eigenvalue weighted by atomic mass is 9.91. The van der Waals surface area contributed by atoms with Crippen LogP contribution < -0.4 is 10.2 Å². The number of halogens is 8. The normalized spacial score (nSPS) is 18.9. The van der Waals surface area contributed by atoms with Gasteiger partial charge in [-0.2, -0.15) is 38.1 Å². The number of fused-ring (bicyclic) bond motifs is 1. The standard InChI is InChI=1S/C23H22F7IN2OS/c1-12-5-7-15-17(18(12)31)20(3,32-9-10-35-4)33(19(15)34)16-8-6-14(11-13(16)2)21(24,22(25,26)27)23(28,29)30/h5-8,11,32H,9-10H2,1-4H3. The number of carbonyl (C=O) groups is 1. The molecule has 1 aliphatic heterocycles. The van der Waals surface area contributed by atoms with E-state index in [1.165, 1.54) is 11.8 Å². The molecule has 2 aromatic rings. The van der Waals surface area contributed by atoms with Crippen molar-refractivity contribution < 1.29 is 35.5 Å². The first-order chi connectivity index (χ1) is 16.0.